The van der Waals surface area contributed by atoms with E-state index in [1.54, 1.807) is 7.05 Å². The molecule has 0 saturated heterocycles. The molecule has 2 rings (SSSR count). The van der Waals surface area contributed by atoms with Gasteiger partial charge in [-0.1, -0.05) is 0 Å². The van der Waals surface area contributed by atoms with Gasteiger partial charge in [-0.05, 0) is 30.3 Å². The zero-order valence-corrected chi connectivity index (χ0v) is 9.67. The summed E-state index contributed by atoms with van der Waals surface area (Å²) in [5.74, 6) is -0.767. The van der Waals surface area contributed by atoms with Crippen LogP contribution in [0.2, 0.25) is 0 Å². The van der Waals surface area contributed by atoms with Crippen LogP contribution >= 0.6 is 0 Å². The minimum Gasteiger partial charge on any atom is -0.506 e. The number of aromatic hydroxyl groups is 1. The second-order valence-electron chi connectivity index (χ2n) is 3.77. The SMILES string of the molecule is CN(C(=O)c1cncc(O)c1)c1ccc(F)cc1. The molecule has 18 heavy (non-hydrogen) atoms. The summed E-state index contributed by atoms with van der Waals surface area (Å²) in [5, 5.41) is 9.27. The lowest BCUT2D eigenvalue weighted by Gasteiger charge is -2.17. The van der Waals surface area contributed by atoms with E-state index in [9.17, 15) is 14.3 Å². The van der Waals surface area contributed by atoms with Gasteiger partial charge in [0, 0.05) is 18.9 Å². The Morgan fingerprint density at radius 2 is 1.94 bits per heavy atom. The van der Waals surface area contributed by atoms with Gasteiger partial charge >= 0.3 is 0 Å². The van der Waals surface area contributed by atoms with Gasteiger partial charge in [0.1, 0.15) is 11.6 Å². The zero-order valence-electron chi connectivity index (χ0n) is 9.67. The molecule has 0 aliphatic rings. The van der Waals surface area contributed by atoms with Crippen LogP contribution < -0.4 is 4.90 Å². The maximum absolute atomic E-state index is 12.8. The van der Waals surface area contributed by atoms with Gasteiger partial charge in [0.15, 0.2) is 0 Å². The van der Waals surface area contributed by atoms with Crippen LogP contribution in [-0.4, -0.2) is 23.0 Å². The molecule has 1 aromatic carbocycles. The lowest BCUT2D eigenvalue weighted by atomic mass is 10.2. The number of amides is 1. The van der Waals surface area contributed by atoms with Crippen molar-refractivity contribution in [1.29, 1.82) is 0 Å². The molecule has 4 nitrogen and oxygen atoms in total. The van der Waals surface area contributed by atoms with Crippen molar-refractivity contribution in [3.05, 3.63) is 54.1 Å². The molecule has 0 spiro atoms. The van der Waals surface area contributed by atoms with Crippen LogP contribution in [0.4, 0.5) is 10.1 Å². The monoisotopic (exact) mass is 246 g/mol. The molecule has 0 unspecified atom stereocenters. The van der Waals surface area contributed by atoms with E-state index in [0.29, 0.717) is 5.69 Å². The Kier molecular flexibility index (Phi) is 3.23. The highest BCUT2D eigenvalue weighted by Crippen LogP contribution is 2.17. The molecule has 5 heteroatoms. The first-order chi connectivity index (χ1) is 8.58. The van der Waals surface area contributed by atoms with Crippen molar-refractivity contribution in [3.8, 4) is 5.75 Å². The number of carbonyl (C=O) groups excluding carboxylic acids is 1. The average Bonchev–Trinajstić information content (AvgIpc) is 2.38. The average molecular weight is 246 g/mol. The second-order valence-corrected chi connectivity index (χ2v) is 3.77. The first-order valence-electron chi connectivity index (χ1n) is 5.25. The van der Waals surface area contributed by atoms with Crippen LogP contribution in [0.1, 0.15) is 10.4 Å². The molecular weight excluding hydrogens is 235 g/mol. The Morgan fingerprint density at radius 3 is 2.56 bits per heavy atom. The summed E-state index contributed by atoms with van der Waals surface area (Å²) in [5.41, 5.74) is 0.826. The summed E-state index contributed by atoms with van der Waals surface area (Å²) in [7, 11) is 1.57. The number of anilines is 1. The van der Waals surface area contributed by atoms with Crippen molar-refractivity contribution in [2.24, 2.45) is 0 Å². The summed E-state index contributed by atoms with van der Waals surface area (Å²) < 4.78 is 12.8. The van der Waals surface area contributed by atoms with E-state index in [4.69, 9.17) is 0 Å². The van der Waals surface area contributed by atoms with Gasteiger partial charge in [-0.2, -0.15) is 0 Å². The molecule has 1 aromatic heterocycles. The fraction of sp³-hybridized carbons (Fsp3) is 0.0769. The van der Waals surface area contributed by atoms with Crippen LogP contribution in [0.5, 0.6) is 5.75 Å². The molecule has 0 fully saturated rings. The van der Waals surface area contributed by atoms with Gasteiger partial charge in [-0.3, -0.25) is 9.78 Å². The predicted octanol–water partition coefficient (Wildman–Crippen LogP) is 2.20. The Hall–Kier alpha value is -2.43. The number of carbonyl (C=O) groups is 1. The number of hydrogen-bond acceptors (Lipinski definition) is 3. The maximum Gasteiger partial charge on any atom is 0.259 e. The summed E-state index contributed by atoms with van der Waals surface area (Å²) in [6.45, 7) is 0. The number of halogens is 1. The highest BCUT2D eigenvalue weighted by atomic mass is 19.1. The largest absolute Gasteiger partial charge is 0.506 e. The van der Waals surface area contributed by atoms with Crippen LogP contribution in [-0.2, 0) is 0 Å². The standard InChI is InChI=1S/C13H11FN2O2/c1-16(11-4-2-10(14)3-5-11)13(18)9-6-12(17)8-15-7-9/h2-8,17H,1H3. The van der Waals surface area contributed by atoms with E-state index in [2.05, 4.69) is 4.98 Å². The van der Waals surface area contributed by atoms with E-state index in [1.165, 1.54) is 47.6 Å². The molecule has 0 bridgehead atoms. The smallest absolute Gasteiger partial charge is 0.259 e. The molecule has 2 aromatic rings. The Balaban J connectivity index is 2.26. The molecule has 1 amide bonds. The molecule has 0 radical (unpaired) electrons. The number of rotatable bonds is 2. The Bertz CT molecular complexity index is 569. The van der Waals surface area contributed by atoms with Gasteiger partial charge < -0.3 is 10.0 Å². The molecule has 0 atom stereocenters. The van der Waals surface area contributed by atoms with Gasteiger partial charge in [-0.25, -0.2) is 4.39 Å². The summed E-state index contributed by atoms with van der Waals surface area (Å²) in [6.07, 6.45) is 2.61. The minimum atomic E-state index is -0.362. The molecule has 92 valence electrons. The zero-order chi connectivity index (χ0) is 13.1. The van der Waals surface area contributed by atoms with E-state index >= 15 is 0 Å². The summed E-state index contributed by atoms with van der Waals surface area (Å²) in [4.78, 5) is 17.2. The van der Waals surface area contributed by atoms with E-state index in [0.717, 1.165) is 0 Å². The lowest BCUT2D eigenvalue weighted by molar-refractivity contribution is 0.0992. The first-order valence-corrected chi connectivity index (χ1v) is 5.25. The van der Waals surface area contributed by atoms with Crippen molar-refractivity contribution in [2.75, 3.05) is 11.9 Å². The highest BCUT2D eigenvalue weighted by molar-refractivity contribution is 6.05. The third-order valence-corrected chi connectivity index (χ3v) is 2.49. The topological polar surface area (TPSA) is 53.4 Å². The number of hydrogen-bond donors (Lipinski definition) is 1. The van der Waals surface area contributed by atoms with Crippen LogP contribution in [0, 0.1) is 5.82 Å². The fourth-order valence-electron chi connectivity index (χ4n) is 1.52. The summed E-state index contributed by atoms with van der Waals surface area (Å²) >= 11 is 0. The molecular formula is C13H11FN2O2. The first kappa shape index (κ1) is 12.0. The molecule has 1 N–H and O–H groups in total. The third kappa shape index (κ3) is 2.45. The van der Waals surface area contributed by atoms with Crippen LogP contribution in [0.15, 0.2) is 42.7 Å². The number of benzene rings is 1. The van der Waals surface area contributed by atoms with E-state index in [1.807, 2.05) is 0 Å². The number of aromatic nitrogens is 1. The van der Waals surface area contributed by atoms with Crippen LogP contribution in [0.25, 0.3) is 0 Å². The normalized spacial score (nSPS) is 10.1. The van der Waals surface area contributed by atoms with Gasteiger partial charge in [0.2, 0.25) is 0 Å². The van der Waals surface area contributed by atoms with Crippen LogP contribution in [0.3, 0.4) is 0 Å². The Labute approximate surface area is 103 Å². The van der Waals surface area contributed by atoms with Gasteiger partial charge in [0.05, 0.1) is 11.8 Å². The lowest BCUT2D eigenvalue weighted by Crippen LogP contribution is -2.26. The number of pyridine rings is 1. The second kappa shape index (κ2) is 4.83. The van der Waals surface area contributed by atoms with Crippen molar-refractivity contribution in [3.63, 3.8) is 0 Å². The van der Waals surface area contributed by atoms with E-state index < -0.39 is 0 Å². The quantitative estimate of drug-likeness (QED) is 0.883. The molecule has 1 heterocycles. The van der Waals surface area contributed by atoms with Crippen molar-refractivity contribution in [1.82, 2.24) is 4.98 Å². The van der Waals surface area contributed by atoms with Crippen molar-refractivity contribution in [2.45, 2.75) is 0 Å². The molecule has 0 aliphatic carbocycles. The van der Waals surface area contributed by atoms with Crippen molar-refractivity contribution >= 4 is 11.6 Å². The van der Waals surface area contributed by atoms with Gasteiger partial charge in [-0.15, -0.1) is 0 Å². The predicted molar refractivity (Wildman–Crippen MR) is 65.0 cm³/mol. The third-order valence-electron chi connectivity index (χ3n) is 2.49. The Morgan fingerprint density at radius 1 is 1.28 bits per heavy atom. The van der Waals surface area contributed by atoms with Gasteiger partial charge in [0.25, 0.3) is 5.91 Å². The maximum atomic E-state index is 12.8. The molecule has 0 saturated carbocycles. The fourth-order valence-corrected chi connectivity index (χ4v) is 1.52. The van der Waals surface area contributed by atoms with Crippen molar-refractivity contribution < 1.29 is 14.3 Å². The minimum absolute atomic E-state index is 0.0756. The van der Waals surface area contributed by atoms with E-state index in [-0.39, 0.29) is 23.0 Å². The number of nitrogens with zero attached hydrogens (tertiary/aromatic N) is 2. The molecule has 0 aliphatic heterocycles. The highest BCUT2D eigenvalue weighted by Gasteiger charge is 2.14. The summed E-state index contributed by atoms with van der Waals surface area (Å²) in [6, 6.07) is 6.89.